The van der Waals surface area contributed by atoms with Crippen LogP contribution in [0.4, 0.5) is 0 Å². The molecule has 0 aromatic heterocycles. The average molecular weight is 298 g/mol. The second-order valence-electron chi connectivity index (χ2n) is 4.99. The normalized spacial score (nSPS) is 10.6. The van der Waals surface area contributed by atoms with Crippen LogP contribution in [0.15, 0.2) is 24.3 Å². The number of carbonyl (C=O) groups excluding carboxylic acids is 1. The molecule has 0 heterocycles. The van der Waals surface area contributed by atoms with Crippen LogP contribution in [0, 0.1) is 0 Å². The molecule has 20 heavy (non-hydrogen) atoms. The highest BCUT2D eigenvalue weighted by Gasteiger charge is 2.17. The maximum Gasteiger partial charge on any atom is 0.303 e. The van der Waals surface area contributed by atoms with E-state index < -0.39 is 5.97 Å². The zero-order valence-electron chi connectivity index (χ0n) is 11.8. The first kappa shape index (κ1) is 16.5. The summed E-state index contributed by atoms with van der Waals surface area (Å²) in [5.41, 5.74) is 0.970. The van der Waals surface area contributed by atoms with Crippen LogP contribution in [0.25, 0.3) is 0 Å². The highest BCUT2D eigenvalue weighted by Crippen LogP contribution is 2.15. The van der Waals surface area contributed by atoms with E-state index in [1.54, 1.807) is 11.0 Å². The first-order chi connectivity index (χ1) is 9.40. The standard InChI is InChI=1S/C15H20ClNO3/c1-11(2)17(14(18)7-4-8-15(19)20)10-12-5-3-6-13(16)9-12/h3,5-6,9,11H,4,7-8,10H2,1-2H3,(H,19,20). The van der Waals surface area contributed by atoms with Gasteiger partial charge in [-0.3, -0.25) is 9.59 Å². The van der Waals surface area contributed by atoms with Crippen molar-refractivity contribution in [1.82, 2.24) is 4.90 Å². The Labute approximate surface area is 124 Å². The molecule has 0 bridgehead atoms. The Morgan fingerprint density at radius 3 is 2.55 bits per heavy atom. The molecule has 0 unspecified atom stereocenters. The number of hydrogen-bond donors (Lipinski definition) is 1. The second kappa shape index (κ2) is 7.90. The maximum atomic E-state index is 12.2. The molecular formula is C15H20ClNO3. The van der Waals surface area contributed by atoms with Crippen LogP contribution in [0.2, 0.25) is 5.02 Å². The summed E-state index contributed by atoms with van der Waals surface area (Å²) in [6.45, 7) is 4.38. The van der Waals surface area contributed by atoms with Crippen molar-refractivity contribution in [3.63, 3.8) is 0 Å². The highest BCUT2D eigenvalue weighted by atomic mass is 35.5. The summed E-state index contributed by atoms with van der Waals surface area (Å²) in [6, 6.07) is 7.46. The van der Waals surface area contributed by atoms with Crippen LogP contribution < -0.4 is 0 Å². The summed E-state index contributed by atoms with van der Waals surface area (Å²) < 4.78 is 0. The molecule has 0 radical (unpaired) electrons. The van der Waals surface area contributed by atoms with Gasteiger partial charge >= 0.3 is 5.97 Å². The fourth-order valence-corrected chi connectivity index (χ4v) is 2.14. The predicted molar refractivity (Wildman–Crippen MR) is 78.6 cm³/mol. The molecule has 4 nitrogen and oxygen atoms in total. The van der Waals surface area contributed by atoms with E-state index in [1.807, 2.05) is 32.0 Å². The van der Waals surface area contributed by atoms with Gasteiger partial charge in [0.05, 0.1) is 0 Å². The molecule has 0 aliphatic carbocycles. The smallest absolute Gasteiger partial charge is 0.303 e. The number of carboxylic acids is 1. The van der Waals surface area contributed by atoms with Crippen molar-refractivity contribution in [1.29, 1.82) is 0 Å². The van der Waals surface area contributed by atoms with Crippen molar-refractivity contribution in [2.75, 3.05) is 0 Å². The fraction of sp³-hybridized carbons (Fsp3) is 0.467. The molecular weight excluding hydrogens is 278 g/mol. The molecule has 0 saturated heterocycles. The quantitative estimate of drug-likeness (QED) is 0.840. The number of carbonyl (C=O) groups is 2. The van der Waals surface area contributed by atoms with E-state index in [2.05, 4.69) is 0 Å². The number of aliphatic carboxylic acids is 1. The third-order valence-corrected chi connectivity index (χ3v) is 3.20. The predicted octanol–water partition coefficient (Wildman–Crippen LogP) is 3.33. The van der Waals surface area contributed by atoms with Gasteiger partial charge in [-0.05, 0) is 38.0 Å². The van der Waals surface area contributed by atoms with E-state index in [4.69, 9.17) is 16.7 Å². The fourth-order valence-electron chi connectivity index (χ4n) is 1.93. The maximum absolute atomic E-state index is 12.2. The minimum atomic E-state index is -0.872. The van der Waals surface area contributed by atoms with Gasteiger partial charge in [-0.15, -0.1) is 0 Å². The summed E-state index contributed by atoms with van der Waals surface area (Å²) in [6.07, 6.45) is 0.646. The first-order valence-electron chi connectivity index (χ1n) is 6.66. The largest absolute Gasteiger partial charge is 0.481 e. The lowest BCUT2D eigenvalue weighted by Gasteiger charge is -2.27. The molecule has 0 aliphatic heterocycles. The Hall–Kier alpha value is -1.55. The highest BCUT2D eigenvalue weighted by molar-refractivity contribution is 6.30. The zero-order chi connectivity index (χ0) is 15.1. The monoisotopic (exact) mass is 297 g/mol. The summed E-state index contributed by atoms with van der Waals surface area (Å²) in [5.74, 6) is -0.898. The second-order valence-corrected chi connectivity index (χ2v) is 5.43. The third kappa shape index (κ3) is 5.61. The van der Waals surface area contributed by atoms with Crippen LogP contribution in [-0.4, -0.2) is 27.9 Å². The molecule has 0 spiro atoms. The minimum Gasteiger partial charge on any atom is -0.481 e. The molecule has 0 fully saturated rings. The Bertz CT molecular complexity index is 474. The topological polar surface area (TPSA) is 57.6 Å². The molecule has 1 aromatic carbocycles. The Balaban J connectivity index is 2.64. The van der Waals surface area contributed by atoms with Crippen molar-refractivity contribution < 1.29 is 14.7 Å². The minimum absolute atomic E-state index is 0.0227. The first-order valence-corrected chi connectivity index (χ1v) is 7.03. The number of hydrogen-bond acceptors (Lipinski definition) is 2. The van der Waals surface area contributed by atoms with E-state index in [0.717, 1.165) is 5.56 Å². The summed E-state index contributed by atoms with van der Waals surface area (Å²) >= 11 is 5.94. The van der Waals surface area contributed by atoms with Gasteiger partial charge in [0, 0.05) is 30.5 Å². The molecule has 1 N–H and O–H groups in total. The Kier molecular flexibility index (Phi) is 6.52. The van der Waals surface area contributed by atoms with Gasteiger partial charge in [0.2, 0.25) is 5.91 Å². The summed E-state index contributed by atoms with van der Waals surface area (Å²) in [4.78, 5) is 24.4. The van der Waals surface area contributed by atoms with Gasteiger partial charge < -0.3 is 10.0 Å². The van der Waals surface area contributed by atoms with Gasteiger partial charge in [0.1, 0.15) is 0 Å². The lowest BCUT2D eigenvalue weighted by molar-refractivity contribution is -0.137. The number of nitrogens with zero attached hydrogens (tertiary/aromatic N) is 1. The van der Waals surface area contributed by atoms with E-state index in [0.29, 0.717) is 18.0 Å². The number of halogens is 1. The summed E-state index contributed by atoms with van der Waals surface area (Å²) in [5, 5.41) is 9.24. The molecule has 1 rings (SSSR count). The van der Waals surface area contributed by atoms with Crippen LogP contribution in [0.5, 0.6) is 0 Å². The number of benzene rings is 1. The molecule has 0 atom stereocenters. The van der Waals surface area contributed by atoms with Crippen molar-refractivity contribution in [3.05, 3.63) is 34.9 Å². The molecule has 1 amide bonds. The van der Waals surface area contributed by atoms with Gasteiger partial charge in [0.15, 0.2) is 0 Å². The zero-order valence-corrected chi connectivity index (χ0v) is 12.6. The van der Waals surface area contributed by atoms with Crippen molar-refractivity contribution in [2.24, 2.45) is 0 Å². The number of rotatable bonds is 7. The molecule has 0 saturated carbocycles. The van der Waals surface area contributed by atoms with Crippen LogP contribution in [0.1, 0.15) is 38.7 Å². The Morgan fingerprint density at radius 1 is 1.30 bits per heavy atom. The lowest BCUT2D eigenvalue weighted by atomic mass is 10.1. The Morgan fingerprint density at radius 2 is 2.00 bits per heavy atom. The lowest BCUT2D eigenvalue weighted by Crippen LogP contribution is -2.36. The van der Waals surface area contributed by atoms with E-state index >= 15 is 0 Å². The molecule has 5 heteroatoms. The van der Waals surface area contributed by atoms with Crippen molar-refractivity contribution >= 4 is 23.5 Å². The van der Waals surface area contributed by atoms with Crippen molar-refractivity contribution in [2.45, 2.75) is 45.7 Å². The molecule has 1 aromatic rings. The SMILES string of the molecule is CC(C)N(Cc1cccc(Cl)c1)C(=O)CCCC(=O)O. The van der Waals surface area contributed by atoms with Gasteiger partial charge in [-0.25, -0.2) is 0 Å². The number of amides is 1. The number of carboxylic acid groups (broad SMARTS) is 1. The molecule has 110 valence electrons. The van der Waals surface area contributed by atoms with Crippen LogP contribution >= 0.6 is 11.6 Å². The summed E-state index contributed by atoms with van der Waals surface area (Å²) in [7, 11) is 0. The van der Waals surface area contributed by atoms with E-state index in [1.165, 1.54) is 0 Å². The third-order valence-electron chi connectivity index (χ3n) is 2.97. The van der Waals surface area contributed by atoms with E-state index in [-0.39, 0.29) is 24.8 Å². The van der Waals surface area contributed by atoms with Gasteiger partial charge in [-0.1, -0.05) is 23.7 Å². The van der Waals surface area contributed by atoms with Crippen molar-refractivity contribution in [3.8, 4) is 0 Å². The van der Waals surface area contributed by atoms with Crippen LogP contribution in [0.3, 0.4) is 0 Å². The average Bonchev–Trinajstić information content (AvgIpc) is 2.35. The van der Waals surface area contributed by atoms with Gasteiger partial charge in [-0.2, -0.15) is 0 Å². The van der Waals surface area contributed by atoms with Crippen LogP contribution in [-0.2, 0) is 16.1 Å². The molecule has 0 aliphatic rings. The van der Waals surface area contributed by atoms with Gasteiger partial charge in [0.25, 0.3) is 0 Å². The van der Waals surface area contributed by atoms with E-state index in [9.17, 15) is 9.59 Å².